The van der Waals surface area contributed by atoms with Crippen LogP contribution in [0.3, 0.4) is 0 Å². The normalized spacial score (nSPS) is 10.4. The van der Waals surface area contributed by atoms with Crippen LogP contribution in [0.15, 0.2) is 33.2 Å². The summed E-state index contributed by atoms with van der Waals surface area (Å²) in [6.07, 6.45) is 0. The summed E-state index contributed by atoms with van der Waals surface area (Å²) in [5.41, 5.74) is 1.51. The van der Waals surface area contributed by atoms with Crippen LogP contribution in [0.1, 0.15) is 20.1 Å². The van der Waals surface area contributed by atoms with Gasteiger partial charge in [-0.3, -0.25) is 4.79 Å². The first kappa shape index (κ1) is 13.8. The largest absolute Gasteiger partial charge is 0.321 e. The van der Waals surface area contributed by atoms with Crippen LogP contribution in [0.2, 0.25) is 0 Å². The average molecular weight is 389 g/mol. The summed E-state index contributed by atoms with van der Waals surface area (Å²) in [4.78, 5) is 14.3. The first-order chi connectivity index (χ1) is 8.47. The Balaban J connectivity index is 2.24. The molecule has 2 aromatic rings. The van der Waals surface area contributed by atoms with Gasteiger partial charge in [-0.15, -0.1) is 11.3 Å². The Morgan fingerprint density at radius 2 is 1.94 bits per heavy atom. The molecule has 0 aliphatic carbocycles. The number of amides is 1. The number of rotatable bonds is 2. The van der Waals surface area contributed by atoms with E-state index in [1.54, 1.807) is 11.3 Å². The van der Waals surface area contributed by atoms with Gasteiger partial charge >= 0.3 is 0 Å². The van der Waals surface area contributed by atoms with Gasteiger partial charge in [0.1, 0.15) is 0 Å². The van der Waals surface area contributed by atoms with Gasteiger partial charge in [0.25, 0.3) is 5.91 Å². The summed E-state index contributed by atoms with van der Waals surface area (Å²) in [5.74, 6) is -0.0696. The lowest BCUT2D eigenvalue weighted by Gasteiger charge is -2.07. The molecule has 0 radical (unpaired) electrons. The highest BCUT2D eigenvalue weighted by Crippen LogP contribution is 2.28. The Labute approximate surface area is 127 Å². The third-order valence-corrected chi connectivity index (χ3v) is 4.58. The zero-order valence-electron chi connectivity index (χ0n) is 9.88. The molecule has 0 saturated carbocycles. The topological polar surface area (TPSA) is 29.1 Å². The minimum absolute atomic E-state index is 0.0696. The van der Waals surface area contributed by atoms with Crippen molar-refractivity contribution >= 4 is 54.8 Å². The summed E-state index contributed by atoms with van der Waals surface area (Å²) in [5, 5.41) is 2.91. The van der Waals surface area contributed by atoms with Crippen LogP contribution in [0.4, 0.5) is 5.69 Å². The van der Waals surface area contributed by atoms with E-state index >= 15 is 0 Å². The van der Waals surface area contributed by atoms with Crippen molar-refractivity contribution in [2.45, 2.75) is 13.8 Å². The van der Waals surface area contributed by atoms with E-state index in [2.05, 4.69) is 37.2 Å². The second kappa shape index (κ2) is 5.55. The van der Waals surface area contributed by atoms with E-state index in [1.807, 2.05) is 38.1 Å². The number of hydrogen-bond donors (Lipinski definition) is 1. The molecule has 1 amide bonds. The quantitative estimate of drug-likeness (QED) is 0.757. The molecule has 0 fully saturated rings. The lowest BCUT2D eigenvalue weighted by molar-refractivity contribution is 0.102. The van der Waals surface area contributed by atoms with Crippen LogP contribution in [0.25, 0.3) is 0 Å². The summed E-state index contributed by atoms with van der Waals surface area (Å²) in [6.45, 7) is 3.97. The lowest BCUT2D eigenvalue weighted by atomic mass is 10.2. The third kappa shape index (κ3) is 3.02. The Bertz CT molecular complexity index is 607. The molecule has 2 nitrogen and oxygen atoms in total. The fraction of sp³-hybridized carbons (Fsp3) is 0.154. The second-order valence-corrected chi connectivity index (χ2v) is 7.14. The van der Waals surface area contributed by atoms with Gasteiger partial charge in [-0.1, -0.05) is 15.9 Å². The van der Waals surface area contributed by atoms with Crippen LogP contribution in [-0.4, -0.2) is 5.91 Å². The molecule has 1 aromatic heterocycles. The van der Waals surface area contributed by atoms with Crippen molar-refractivity contribution in [1.29, 1.82) is 0 Å². The predicted molar refractivity (Wildman–Crippen MR) is 83.6 cm³/mol. The molecular formula is C13H11Br2NOS. The third-order valence-electron chi connectivity index (χ3n) is 2.46. The minimum atomic E-state index is -0.0696. The van der Waals surface area contributed by atoms with Gasteiger partial charge in [-0.25, -0.2) is 0 Å². The molecule has 18 heavy (non-hydrogen) atoms. The summed E-state index contributed by atoms with van der Waals surface area (Å²) in [7, 11) is 0. The van der Waals surface area contributed by atoms with Crippen molar-refractivity contribution in [2.75, 3.05) is 5.32 Å². The number of halogens is 2. The first-order valence-electron chi connectivity index (χ1n) is 5.31. The summed E-state index contributed by atoms with van der Waals surface area (Å²) < 4.78 is 1.82. The minimum Gasteiger partial charge on any atom is -0.321 e. The fourth-order valence-electron chi connectivity index (χ4n) is 1.64. The number of benzene rings is 1. The maximum atomic E-state index is 12.1. The highest BCUT2D eigenvalue weighted by molar-refractivity contribution is 9.11. The van der Waals surface area contributed by atoms with E-state index in [4.69, 9.17) is 0 Å². The molecule has 1 aromatic carbocycles. The van der Waals surface area contributed by atoms with E-state index in [1.165, 1.54) is 0 Å². The molecular weight excluding hydrogens is 378 g/mol. The molecule has 2 rings (SSSR count). The van der Waals surface area contributed by atoms with Gasteiger partial charge in [0.05, 0.1) is 11.3 Å². The van der Waals surface area contributed by atoms with Crippen LogP contribution < -0.4 is 5.32 Å². The molecule has 0 unspecified atom stereocenters. The molecule has 94 valence electrons. The number of thiophene rings is 1. The molecule has 0 atom stereocenters. The number of nitrogens with one attached hydrogen (secondary N) is 1. The Morgan fingerprint density at radius 3 is 2.50 bits per heavy atom. The second-order valence-electron chi connectivity index (χ2n) is 3.91. The molecule has 0 bridgehead atoms. The van der Waals surface area contributed by atoms with E-state index in [0.717, 1.165) is 30.0 Å². The lowest BCUT2D eigenvalue weighted by Crippen LogP contribution is -2.12. The predicted octanol–water partition coefficient (Wildman–Crippen LogP) is 5.14. The number of carbonyl (C=O) groups is 1. The Hall–Kier alpha value is -0.650. The van der Waals surface area contributed by atoms with E-state index in [9.17, 15) is 4.79 Å². The highest BCUT2D eigenvalue weighted by Gasteiger charge is 2.13. The van der Waals surface area contributed by atoms with Crippen LogP contribution in [0.5, 0.6) is 0 Å². The zero-order valence-corrected chi connectivity index (χ0v) is 13.9. The van der Waals surface area contributed by atoms with Gasteiger partial charge in [-0.05, 0) is 54.0 Å². The number of anilines is 1. The SMILES string of the molecule is Cc1cc(C(=O)Nc2ccc(Br)cc2Br)c(C)s1. The Kier molecular flexibility index (Phi) is 4.25. The Morgan fingerprint density at radius 1 is 1.22 bits per heavy atom. The van der Waals surface area contributed by atoms with Crippen LogP contribution in [-0.2, 0) is 0 Å². The summed E-state index contributed by atoms with van der Waals surface area (Å²) >= 11 is 8.45. The van der Waals surface area contributed by atoms with Gasteiger partial charge in [0.15, 0.2) is 0 Å². The van der Waals surface area contributed by atoms with Crippen molar-refractivity contribution in [3.8, 4) is 0 Å². The van der Waals surface area contributed by atoms with Gasteiger partial charge in [0.2, 0.25) is 0 Å². The standard InChI is InChI=1S/C13H11Br2NOS/c1-7-5-10(8(2)18-7)13(17)16-12-4-3-9(14)6-11(12)15/h3-6H,1-2H3,(H,16,17). The van der Waals surface area contributed by atoms with Crippen LogP contribution in [0, 0.1) is 13.8 Å². The smallest absolute Gasteiger partial charge is 0.256 e. The monoisotopic (exact) mass is 387 g/mol. The van der Waals surface area contributed by atoms with Crippen molar-refractivity contribution < 1.29 is 4.79 Å². The molecule has 5 heteroatoms. The zero-order chi connectivity index (χ0) is 13.3. The maximum Gasteiger partial charge on any atom is 0.256 e. The number of carbonyl (C=O) groups excluding carboxylic acids is 1. The van der Waals surface area contributed by atoms with Gasteiger partial charge in [-0.2, -0.15) is 0 Å². The van der Waals surface area contributed by atoms with Crippen molar-refractivity contribution in [2.24, 2.45) is 0 Å². The highest BCUT2D eigenvalue weighted by atomic mass is 79.9. The number of aryl methyl sites for hydroxylation is 2. The average Bonchev–Trinajstić information content (AvgIpc) is 2.62. The van der Waals surface area contributed by atoms with Gasteiger partial charge in [0, 0.05) is 18.7 Å². The molecule has 0 saturated heterocycles. The molecule has 1 heterocycles. The van der Waals surface area contributed by atoms with E-state index in [0.29, 0.717) is 0 Å². The van der Waals surface area contributed by atoms with Crippen molar-refractivity contribution in [3.05, 3.63) is 48.5 Å². The molecule has 1 N–H and O–H groups in total. The maximum absolute atomic E-state index is 12.1. The fourth-order valence-corrected chi connectivity index (χ4v) is 3.70. The van der Waals surface area contributed by atoms with Crippen molar-refractivity contribution in [1.82, 2.24) is 0 Å². The molecule has 0 aliphatic heterocycles. The van der Waals surface area contributed by atoms with E-state index < -0.39 is 0 Å². The number of hydrogen-bond acceptors (Lipinski definition) is 2. The van der Waals surface area contributed by atoms with Crippen molar-refractivity contribution in [3.63, 3.8) is 0 Å². The van der Waals surface area contributed by atoms with Gasteiger partial charge < -0.3 is 5.32 Å². The van der Waals surface area contributed by atoms with Crippen LogP contribution >= 0.6 is 43.2 Å². The summed E-state index contributed by atoms with van der Waals surface area (Å²) in [6, 6.07) is 7.58. The molecule has 0 spiro atoms. The molecule has 0 aliphatic rings. The van der Waals surface area contributed by atoms with E-state index in [-0.39, 0.29) is 5.91 Å². The first-order valence-corrected chi connectivity index (χ1v) is 7.71.